The maximum atomic E-state index is 12.8. The van der Waals surface area contributed by atoms with Crippen LogP contribution in [0.5, 0.6) is 0 Å². The van der Waals surface area contributed by atoms with Crippen molar-refractivity contribution >= 4 is 35.1 Å². The van der Waals surface area contributed by atoms with Crippen LogP contribution in [0.1, 0.15) is 5.56 Å². The molecule has 0 unspecified atom stereocenters. The fourth-order valence-corrected chi connectivity index (χ4v) is 3.97. The van der Waals surface area contributed by atoms with E-state index in [0.717, 1.165) is 15.7 Å². The molecule has 0 aromatic heterocycles. The predicted molar refractivity (Wildman–Crippen MR) is 65.9 cm³/mol. The molecule has 1 aromatic rings. The van der Waals surface area contributed by atoms with Gasteiger partial charge in [-0.3, -0.25) is 0 Å². The van der Waals surface area contributed by atoms with Gasteiger partial charge in [-0.2, -0.15) is 0 Å². The first-order valence-corrected chi connectivity index (χ1v) is 6.64. The molecular formula is C11H9FO2S2. The van der Waals surface area contributed by atoms with Crippen LogP contribution in [0.4, 0.5) is 4.39 Å². The molecule has 0 amide bonds. The Kier molecular flexibility index (Phi) is 3.56. The van der Waals surface area contributed by atoms with Gasteiger partial charge in [0.25, 0.3) is 0 Å². The second-order valence-electron chi connectivity index (χ2n) is 3.17. The van der Waals surface area contributed by atoms with Gasteiger partial charge in [0.15, 0.2) is 0 Å². The molecule has 1 heterocycles. The third-order valence-electron chi connectivity index (χ3n) is 2.10. The van der Waals surface area contributed by atoms with Crippen molar-refractivity contribution in [2.75, 3.05) is 11.5 Å². The molecule has 0 aliphatic carbocycles. The average molecular weight is 256 g/mol. The highest BCUT2D eigenvalue weighted by atomic mass is 32.2. The van der Waals surface area contributed by atoms with Gasteiger partial charge in [-0.1, -0.05) is 12.1 Å². The Labute approximate surface area is 101 Å². The van der Waals surface area contributed by atoms with E-state index in [-0.39, 0.29) is 11.4 Å². The van der Waals surface area contributed by atoms with Crippen LogP contribution < -0.4 is 0 Å². The number of aliphatic carboxylic acids is 1. The molecule has 2 rings (SSSR count). The zero-order valence-corrected chi connectivity index (χ0v) is 9.91. The Morgan fingerprint density at radius 3 is 2.25 bits per heavy atom. The van der Waals surface area contributed by atoms with Crippen molar-refractivity contribution in [3.05, 3.63) is 39.9 Å². The maximum Gasteiger partial charge on any atom is 0.337 e. The lowest BCUT2D eigenvalue weighted by molar-refractivity contribution is -0.130. The van der Waals surface area contributed by atoms with E-state index < -0.39 is 5.97 Å². The van der Waals surface area contributed by atoms with Crippen molar-refractivity contribution in [1.82, 2.24) is 0 Å². The first-order chi connectivity index (χ1) is 7.68. The highest BCUT2D eigenvalue weighted by molar-refractivity contribution is 8.25. The van der Waals surface area contributed by atoms with Crippen molar-refractivity contribution < 1.29 is 14.3 Å². The molecule has 1 aliphatic rings. The summed E-state index contributed by atoms with van der Waals surface area (Å²) >= 11 is 3.09. The van der Waals surface area contributed by atoms with E-state index >= 15 is 0 Å². The second-order valence-corrected chi connectivity index (χ2v) is 5.64. The first-order valence-electron chi connectivity index (χ1n) is 4.67. The van der Waals surface area contributed by atoms with Crippen LogP contribution in [0.25, 0.3) is 5.57 Å². The first kappa shape index (κ1) is 11.5. The minimum Gasteiger partial charge on any atom is -0.478 e. The number of carboxylic acid groups (broad SMARTS) is 1. The molecule has 0 bridgehead atoms. The molecule has 1 fully saturated rings. The summed E-state index contributed by atoms with van der Waals surface area (Å²) in [7, 11) is 0. The number of hydrogen-bond donors (Lipinski definition) is 1. The summed E-state index contributed by atoms with van der Waals surface area (Å²) in [6.07, 6.45) is 0. The van der Waals surface area contributed by atoms with Crippen LogP contribution >= 0.6 is 23.5 Å². The van der Waals surface area contributed by atoms with Crippen molar-refractivity contribution in [3.8, 4) is 0 Å². The molecule has 0 spiro atoms. The number of benzene rings is 1. The van der Waals surface area contributed by atoms with Gasteiger partial charge in [0.2, 0.25) is 0 Å². The molecule has 1 aliphatic heterocycles. The lowest BCUT2D eigenvalue weighted by Crippen LogP contribution is -2.01. The molecule has 0 saturated carbocycles. The standard InChI is InChI=1S/C11H9FO2S2/c12-8-3-1-7(2-4-8)9(10(13)14)11-15-5-6-16-11/h1-4H,5-6H2,(H,13,14). The van der Waals surface area contributed by atoms with E-state index in [1.54, 1.807) is 23.5 Å². The van der Waals surface area contributed by atoms with Gasteiger partial charge in [0.1, 0.15) is 5.82 Å². The summed E-state index contributed by atoms with van der Waals surface area (Å²) < 4.78 is 13.6. The van der Waals surface area contributed by atoms with Crippen molar-refractivity contribution in [2.45, 2.75) is 0 Å². The van der Waals surface area contributed by atoms with Crippen molar-refractivity contribution in [2.24, 2.45) is 0 Å². The predicted octanol–water partition coefficient (Wildman–Crippen LogP) is 3.06. The van der Waals surface area contributed by atoms with E-state index in [2.05, 4.69) is 0 Å². The Morgan fingerprint density at radius 2 is 1.75 bits per heavy atom. The average Bonchev–Trinajstić information content (AvgIpc) is 2.74. The molecule has 1 aromatic carbocycles. The van der Waals surface area contributed by atoms with Crippen LogP contribution in [-0.2, 0) is 4.79 Å². The van der Waals surface area contributed by atoms with E-state index in [1.807, 2.05) is 0 Å². The molecule has 0 atom stereocenters. The van der Waals surface area contributed by atoms with Crippen LogP contribution in [-0.4, -0.2) is 22.6 Å². The lowest BCUT2D eigenvalue weighted by atomic mass is 10.1. The summed E-state index contributed by atoms with van der Waals surface area (Å²) in [6.45, 7) is 0. The number of carboxylic acids is 1. The largest absolute Gasteiger partial charge is 0.478 e. The molecule has 84 valence electrons. The number of halogens is 1. The van der Waals surface area contributed by atoms with E-state index in [1.165, 1.54) is 24.3 Å². The fraction of sp³-hybridized carbons (Fsp3) is 0.182. The third-order valence-corrected chi connectivity index (χ3v) is 4.82. The number of carbonyl (C=O) groups is 1. The van der Waals surface area contributed by atoms with Crippen LogP contribution in [0, 0.1) is 5.82 Å². The SMILES string of the molecule is O=C(O)C(=C1SCCS1)c1ccc(F)cc1. The molecule has 5 heteroatoms. The third kappa shape index (κ3) is 2.41. The van der Waals surface area contributed by atoms with Gasteiger partial charge in [-0.15, -0.1) is 23.5 Å². The smallest absolute Gasteiger partial charge is 0.337 e. The Hall–Kier alpha value is -0.940. The number of rotatable bonds is 2. The molecule has 1 saturated heterocycles. The Balaban J connectivity index is 2.44. The monoisotopic (exact) mass is 256 g/mol. The van der Waals surface area contributed by atoms with Gasteiger partial charge < -0.3 is 5.11 Å². The van der Waals surface area contributed by atoms with E-state index in [9.17, 15) is 14.3 Å². The molecular weight excluding hydrogens is 247 g/mol. The van der Waals surface area contributed by atoms with Crippen molar-refractivity contribution in [1.29, 1.82) is 0 Å². The van der Waals surface area contributed by atoms with Crippen LogP contribution in [0.3, 0.4) is 0 Å². The second kappa shape index (κ2) is 4.93. The normalized spacial score (nSPS) is 15.2. The Morgan fingerprint density at radius 1 is 1.19 bits per heavy atom. The highest BCUT2D eigenvalue weighted by Gasteiger charge is 2.20. The maximum absolute atomic E-state index is 12.8. The van der Waals surface area contributed by atoms with Crippen molar-refractivity contribution in [3.63, 3.8) is 0 Å². The minimum atomic E-state index is -0.955. The quantitative estimate of drug-likeness (QED) is 0.825. The minimum absolute atomic E-state index is 0.285. The highest BCUT2D eigenvalue weighted by Crippen LogP contribution is 2.41. The molecule has 1 N–H and O–H groups in total. The van der Waals surface area contributed by atoms with Gasteiger partial charge in [0.05, 0.1) is 9.81 Å². The van der Waals surface area contributed by atoms with Gasteiger partial charge in [0, 0.05) is 11.5 Å². The Bertz CT molecular complexity index is 432. The summed E-state index contributed by atoms with van der Waals surface area (Å²) in [5, 5.41) is 9.18. The number of thioether (sulfide) groups is 2. The molecule has 16 heavy (non-hydrogen) atoms. The van der Waals surface area contributed by atoms with Gasteiger partial charge in [-0.25, -0.2) is 9.18 Å². The zero-order chi connectivity index (χ0) is 11.5. The summed E-state index contributed by atoms with van der Waals surface area (Å²) in [4.78, 5) is 11.2. The summed E-state index contributed by atoms with van der Waals surface area (Å²) in [5.41, 5.74) is 0.846. The van der Waals surface area contributed by atoms with E-state index in [4.69, 9.17) is 0 Å². The number of hydrogen-bond acceptors (Lipinski definition) is 3. The summed E-state index contributed by atoms with van der Waals surface area (Å²) in [5.74, 6) is 0.546. The molecule has 2 nitrogen and oxygen atoms in total. The zero-order valence-electron chi connectivity index (χ0n) is 8.27. The topological polar surface area (TPSA) is 37.3 Å². The summed E-state index contributed by atoms with van der Waals surface area (Å²) in [6, 6.07) is 5.57. The fourth-order valence-electron chi connectivity index (χ4n) is 1.40. The van der Waals surface area contributed by atoms with E-state index in [0.29, 0.717) is 5.56 Å². The van der Waals surface area contributed by atoms with Gasteiger partial charge >= 0.3 is 5.97 Å². The van der Waals surface area contributed by atoms with Crippen LogP contribution in [0.15, 0.2) is 28.5 Å². The molecule has 0 radical (unpaired) electrons. The van der Waals surface area contributed by atoms with Gasteiger partial charge in [-0.05, 0) is 17.7 Å². The van der Waals surface area contributed by atoms with Crippen LogP contribution in [0.2, 0.25) is 0 Å². The lowest BCUT2D eigenvalue weighted by Gasteiger charge is -2.05.